The summed E-state index contributed by atoms with van der Waals surface area (Å²) in [7, 11) is 0. The third-order valence-electron chi connectivity index (χ3n) is 5.40. The van der Waals surface area contributed by atoms with Crippen LogP contribution in [0.15, 0.2) is 34.2 Å². The van der Waals surface area contributed by atoms with Crippen LogP contribution in [0, 0.1) is 5.41 Å². The topological polar surface area (TPSA) is 95.9 Å². The zero-order chi connectivity index (χ0) is 15.6. The number of aromatic amines is 2. The van der Waals surface area contributed by atoms with Gasteiger partial charge in [-0.3, -0.25) is 9.78 Å². The number of fused-ring (bicyclic) bond motifs is 1. The van der Waals surface area contributed by atoms with Crippen molar-refractivity contribution in [1.82, 2.24) is 24.6 Å². The Balaban J connectivity index is 1.71. The molecule has 5 rings (SSSR count). The minimum absolute atomic E-state index is 0.366. The van der Waals surface area contributed by atoms with Gasteiger partial charge in [-0.15, -0.1) is 0 Å². The zero-order valence-corrected chi connectivity index (χ0v) is 12.4. The minimum Gasteiger partial charge on any atom is -0.313 e. The maximum Gasteiger partial charge on any atom is 0.325 e. The van der Waals surface area contributed by atoms with Gasteiger partial charge < -0.3 is 4.98 Å². The summed E-state index contributed by atoms with van der Waals surface area (Å²) < 4.78 is 1.72. The van der Waals surface area contributed by atoms with E-state index in [-0.39, 0.29) is 0 Å². The Bertz CT molecular complexity index is 1040. The van der Waals surface area contributed by atoms with Crippen LogP contribution in [-0.2, 0) is 0 Å². The van der Waals surface area contributed by atoms with E-state index >= 15 is 0 Å². The Morgan fingerprint density at radius 3 is 2.87 bits per heavy atom. The molecular formula is C16H15N5O2. The summed E-state index contributed by atoms with van der Waals surface area (Å²) in [5, 5.41) is 4.47. The first kappa shape index (κ1) is 12.8. The predicted molar refractivity (Wildman–Crippen MR) is 83.3 cm³/mol. The first-order chi connectivity index (χ1) is 11.2. The Morgan fingerprint density at radius 2 is 2.17 bits per heavy atom. The van der Waals surface area contributed by atoms with Crippen molar-refractivity contribution >= 4 is 5.65 Å². The third-order valence-corrected chi connectivity index (χ3v) is 5.40. The lowest BCUT2D eigenvalue weighted by atomic mass is 9.78. The number of hydrogen-bond acceptors (Lipinski definition) is 4. The molecule has 2 saturated carbocycles. The van der Waals surface area contributed by atoms with Crippen LogP contribution in [0.2, 0.25) is 0 Å². The zero-order valence-electron chi connectivity index (χ0n) is 12.4. The average Bonchev–Trinajstić information content (AvgIpc) is 3.09. The van der Waals surface area contributed by atoms with Crippen LogP contribution in [0.5, 0.6) is 0 Å². The van der Waals surface area contributed by atoms with E-state index in [1.54, 1.807) is 16.9 Å². The van der Waals surface area contributed by atoms with Crippen LogP contribution >= 0.6 is 0 Å². The maximum absolute atomic E-state index is 12.1. The van der Waals surface area contributed by atoms with Crippen molar-refractivity contribution < 1.29 is 0 Å². The Kier molecular flexibility index (Phi) is 2.33. The summed E-state index contributed by atoms with van der Waals surface area (Å²) in [5.74, 6) is 0.504. The highest BCUT2D eigenvalue weighted by Crippen LogP contribution is 2.70. The quantitative estimate of drug-likeness (QED) is 0.748. The van der Waals surface area contributed by atoms with Crippen molar-refractivity contribution in [3.05, 3.63) is 51.1 Å². The molecule has 2 aliphatic rings. The summed E-state index contributed by atoms with van der Waals surface area (Å²) >= 11 is 0. The van der Waals surface area contributed by atoms with E-state index in [4.69, 9.17) is 0 Å². The molecule has 0 radical (unpaired) electrons. The lowest BCUT2D eigenvalue weighted by Gasteiger charge is -2.26. The second-order valence-electron chi connectivity index (χ2n) is 6.64. The van der Waals surface area contributed by atoms with Crippen LogP contribution in [0.25, 0.3) is 16.9 Å². The number of H-pyrrole nitrogens is 2. The molecule has 0 unspecified atom stereocenters. The highest BCUT2D eigenvalue weighted by Gasteiger charge is 2.58. The van der Waals surface area contributed by atoms with Crippen LogP contribution in [0.4, 0.5) is 0 Å². The predicted octanol–water partition coefficient (Wildman–Crippen LogP) is 1.43. The highest BCUT2D eigenvalue weighted by molar-refractivity contribution is 5.63. The highest BCUT2D eigenvalue weighted by atomic mass is 16.2. The monoisotopic (exact) mass is 309 g/mol. The first-order valence-corrected chi connectivity index (χ1v) is 7.83. The van der Waals surface area contributed by atoms with Crippen molar-refractivity contribution in [2.45, 2.75) is 31.6 Å². The number of imidazole rings is 1. The van der Waals surface area contributed by atoms with Gasteiger partial charge in [-0.2, -0.15) is 5.10 Å². The van der Waals surface area contributed by atoms with Crippen LogP contribution in [-0.4, -0.2) is 24.6 Å². The molecule has 0 aromatic carbocycles. The lowest BCUT2D eigenvalue weighted by molar-refractivity contribution is 0.277. The number of hydrogen-bond donors (Lipinski definition) is 2. The van der Waals surface area contributed by atoms with Gasteiger partial charge in [-0.05, 0) is 36.7 Å². The van der Waals surface area contributed by atoms with Crippen molar-refractivity contribution in [3.63, 3.8) is 0 Å². The van der Waals surface area contributed by atoms with E-state index in [2.05, 4.69) is 20.1 Å². The number of rotatable bonds is 2. The van der Waals surface area contributed by atoms with Gasteiger partial charge in [0.2, 0.25) is 0 Å². The fourth-order valence-electron chi connectivity index (χ4n) is 3.90. The molecule has 0 bridgehead atoms. The molecule has 0 saturated heterocycles. The lowest BCUT2D eigenvalue weighted by Crippen LogP contribution is -2.23. The standard InChI is InChI=1S/C16H15N5O2/c22-14-10(8-18-15(23)19-14)12-6-9(11-7-16(11)2-1-3-16)13-17-4-5-21(13)20-12/h4-6,8,11H,1-3,7H2,(H2,18,19,22,23)/t11-/m1/s1. The summed E-state index contributed by atoms with van der Waals surface area (Å²) in [6.07, 6.45) is 9.99. The molecular weight excluding hydrogens is 294 g/mol. The van der Waals surface area contributed by atoms with Crippen molar-refractivity contribution in [1.29, 1.82) is 0 Å². The minimum atomic E-state index is -0.515. The molecule has 2 N–H and O–H groups in total. The fraction of sp³-hybridized carbons (Fsp3) is 0.375. The number of nitrogens with one attached hydrogen (secondary N) is 2. The van der Waals surface area contributed by atoms with Gasteiger partial charge >= 0.3 is 5.69 Å². The molecule has 23 heavy (non-hydrogen) atoms. The average molecular weight is 309 g/mol. The SMILES string of the molecule is O=c1[nH]cc(-c2cc([C@H]3CC34CCC4)c3nccn3n2)c(=O)[nH]1. The van der Waals surface area contributed by atoms with Crippen LogP contribution < -0.4 is 11.2 Å². The van der Waals surface area contributed by atoms with Crippen molar-refractivity contribution in [3.8, 4) is 11.3 Å². The second-order valence-corrected chi connectivity index (χ2v) is 6.64. The molecule has 2 aliphatic carbocycles. The van der Waals surface area contributed by atoms with Gasteiger partial charge in [0.05, 0.1) is 11.3 Å². The van der Waals surface area contributed by atoms with Gasteiger partial charge in [0.1, 0.15) is 0 Å². The smallest absolute Gasteiger partial charge is 0.313 e. The van der Waals surface area contributed by atoms with Gasteiger partial charge in [0.25, 0.3) is 5.56 Å². The van der Waals surface area contributed by atoms with E-state index in [1.807, 2.05) is 6.07 Å². The van der Waals surface area contributed by atoms with E-state index in [9.17, 15) is 9.59 Å². The Morgan fingerprint density at radius 1 is 1.30 bits per heavy atom. The van der Waals surface area contributed by atoms with E-state index in [1.165, 1.54) is 31.9 Å². The summed E-state index contributed by atoms with van der Waals surface area (Å²) in [6.45, 7) is 0. The summed E-state index contributed by atoms with van der Waals surface area (Å²) in [4.78, 5) is 32.5. The van der Waals surface area contributed by atoms with E-state index in [0.717, 1.165) is 11.2 Å². The van der Waals surface area contributed by atoms with Crippen LogP contribution in [0.3, 0.4) is 0 Å². The molecule has 1 atom stereocenters. The van der Waals surface area contributed by atoms with Crippen molar-refractivity contribution in [2.24, 2.45) is 5.41 Å². The van der Waals surface area contributed by atoms with Crippen molar-refractivity contribution in [2.75, 3.05) is 0 Å². The second kappa shape index (κ2) is 4.18. The third kappa shape index (κ3) is 1.76. The van der Waals surface area contributed by atoms with E-state index in [0.29, 0.717) is 22.6 Å². The fourth-order valence-corrected chi connectivity index (χ4v) is 3.90. The molecule has 2 fully saturated rings. The summed E-state index contributed by atoms with van der Waals surface area (Å²) in [6, 6.07) is 1.96. The largest absolute Gasteiger partial charge is 0.325 e. The van der Waals surface area contributed by atoms with Gasteiger partial charge in [-0.1, -0.05) is 6.42 Å². The Hall–Kier alpha value is -2.70. The number of aromatic nitrogens is 5. The summed E-state index contributed by atoms with van der Waals surface area (Å²) in [5.41, 5.74) is 2.46. The molecule has 116 valence electrons. The molecule has 3 heterocycles. The maximum atomic E-state index is 12.1. The molecule has 7 nitrogen and oxygen atoms in total. The molecule has 3 aromatic rings. The molecule has 7 heteroatoms. The van der Waals surface area contributed by atoms with Gasteiger partial charge in [0.15, 0.2) is 5.65 Å². The first-order valence-electron chi connectivity index (χ1n) is 7.83. The van der Waals surface area contributed by atoms with E-state index < -0.39 is 11.2 Å². The normalized spacial score (nSPS) is 21.5. The molecule has 0 aliphatic heterocycles. The molecule has 3 aromatic heterocycles. The van der Waals surface area contributed by atoms with Gasteiger partial charge in [0, 0.05) is 24.2 Å². The Labute approximate surface area is 130 Å². The van der Waals surface area contributed by atoms with Gasteiger partial charge in [-0.25, -0.2) is 14.3 Å². The van der Waals surface area contributed by atoms with Crippen LogP contribution in [0.1, 0.15) is 37.2 Å². The molecule has 0 amide bonds. The molecule has 1 spiro atoms. The number of nitrogens with zero attached hydrogens (tertiary/aromatic N) is 3.